The molecule has 92 valence electrons. The summed E-state index contributed by atoms with van der Waals surface area (Å²) in [5.74, 6) is 0.968. The number of pyridine rings is 1. The Morgan fingerprint density at radius 2 is 2.11 bits per heavy atom. The molecule has 0 radical (unpaired) electrons. The van der Waals surface area contributed by atoms with E-state index in [2.05, 4.69) is 27.2 Å². The summed E-state index contributed by atoms with van der Waals surface area (Å²) in [6.45, 7) is 2.10. The molecule has 2 aromatic rings. The molecule has 1 aliphatic carbocycles. The third kappa shape index (κ3) is 2.06. The molecule has 3 rings (SSSR count). The third-order valence-electron chi connectivity index (χ3n) is 3.36. The maximum Gasteiger partial charge on any atom is 0.133 e. The van der Waals surface area contributed by atoms with E-state index in [4.69, 9.17) is 0 Å². The average molecular weight is 240 g/mol. The second-order valence-electron chi connectivity index (χ2n) is 4.62. The minimum Gasteiger partial charge on any atom is -0.362 e. The summed E-state index contributed by atoms with van der Waals surface area (Å²) >= 11 is 0. The Bertz CT molecular complexity index is 539. The van der Waals surface area contributed by atoms with Gasteiger partial charge in [0.1, 0.15) is 12.1 Å². The third-order valence-corrected chi connectivity index (χ3v) is 3.36. The number of nitrogens with zero attached hydrogens (tertiary/aromatic N) is 3. The van der Waals surface area contributed by atoms with Gasteiger partial charge in [-0.1, -0.05) is 6.07 Å². The lowest BCUT2D eigenvalue weighted by atomic mass is 10.2. The van der Waals surface area contributed by atoms with E-state index in [0.29, 0.717) is 0 Å². The number of nitrogens with one attached hydrogen (secondary N) is 1. The van der Waals surface area contributed by atoms with Gasteiger partial charge in [-0.15, -0.1) is 0 Å². The van der Waals surface area contributed by atoms with Crippen LogP contribution in [0.3, 0.4) is 0 Å². The van der Waals surface area contributed by atoms with Crippen molar-refractivity contribution < 1.29 is 0 Å². The molecule has 0 spiro atoms. The molecule has 0 aliphatic heterocycles. The van der Waals surface area contributed by atoms with E-state index in [9.17, 15) is 0 Å². The lowest BCUT2D eigenvalue weighted by Gasteiger charge is -2.15. The molecule has 2 aromatic heterocycles. The number of rotatable bonds is 3. The fourth-order valence-corrected chi connectivity index (χ4v) is 2.40. The van der Waals surface area contributed by atoms with Gasteiger partial charge in [-0.3, -0.25) is 4.98 Å². The second kappa shape index (κ2) is 4.72. The van der Waals surface area contributed by atoms with Crippen LogP contribution in [0.5, 0.6) is 0 Å². The van der Waals surface area contributed by atoms with Crippen LogP contribution in [0, 0.1) is 0 Å². The highest BCUT2D eigenvalue weighted by Gasteiger charge is 2.18. The summed E-state index contributed by atoms with van der Waals surface area (Å²) in [4.78, 5) is 13.1. The molecule has 0 aromatic carbocycles. The molecule has 0 saturated carbocycles. The van der Waals surface area contributed by atoms with Crippen LogP contribution in [-0.4, -0.2) is 15.0 Å². The molecule has 0 unspecified atom stereocenters. The molecule has 0 saturated heterocycles. The number of anilines is 1. The minimum atomic E-state index is 0.158. The molecule has 1 aliphatic rings. The quantitative estimate of drug-likeness (QED) is 0.895. The van der Waals surface area contributed by atoms with Gasteiger partial charge < -0.3 is 5.32 Å². The first-order valence-electron chi connectivity index (χ1n) is 6.35. The lowest BCUT2D eigenvalue weighted by Crippen LogP contribution is -2.11. The summed E-state index contributed by atoms with van der Waals surface area (Å²) in [6.07, 6.45) is 6.80. The van der Waals surface area contributed by atoms with Gasteiger partial charge in [0.25, 0.3) is 0 Å². The van der Waals surface area contributed by atoms with Crippen LogP contribution < -0.4 is 5.32 Å². The molecule has 1 N–H and O–H groups in total. The number of hydrogen-bond donors (Lipinski definition) is 1. The van der Waals surface area contributed by atoms with Crippen LogP contribution in [0.25, 0.3) is 0 Å². The Kier molecular flexibility index (Phi) is 2.92. The standard InChI is InChI=1S/C14H16N4/c1-10(12-6-2-3-8-15-12)18-14-11-5-4-7-13(11)16-9-17-14/h2-3,6,8-10H,4-5,7H2,1H3,(H,16,17,18)/t10-/m0/s1. The van der Waals surface area contributed by atoms with Crippen LogP contribution >= 0.6 is 0 Å². The first-order valence-corrected chi connectivity index (χ1v) is 6.35. The summed E-state index contributed by atoms with van der Waals surface area (Å²) in [5, 5.41) is 3.44. The van der Waals surface area contributed by atoms with Crippen molar-refractivity contribution in [3.63, 3.8) is 0 Å². The van der Waals surface area contributed by atoms with Crippen molar-refractivity contribution in [3.05, 3.63) is 47.7 Å². The van der Waals surface area contributed by atoms with E-state index >= 15 is 0 Å². The SMILES string of the molecule is C[C@H](Nc1ncnc2c1CCC2)c1ccccn1. The Morgan fingerprint density at radius 3 is 2.94 bits per heavy atom. The van der Waals surface area contributed by atoms with Crippen LogP contribution in [-0.2, 0) is 12.8 Å². The topological polar surface area (TPSA) is 50.7 Å². The van der Waals surface area contributed by atoms with Gasteiger partial charge in [0.2, 0.25) is 0 Å². The van der Waals surface area contributed by atoms with E-state index < -0.39 is 0 Å². The Balaban J connectivity index is 1.83. The molecular weight excluding hydrogens is 224 g/mol. The second-order valence-corrected chi connectivity index (χ2v) is 4.62. The molecule has 4 nitrogen and oxygen atoms in total. The van der Waals surface area contributed by atoms with E-state index in [1.807, 2.05) is 24.4 Å². The van der Waals surface area contributed by atoms with Gasteiger partial charge in [0, 0.05) is 17.5 Å². The molecule has 1 atom stereocenters. The lowest BCUT2D eigenvalue weighted by molar-refractivity contribution is 0.825. The van der Waals surface area contributed by atoms with Crippen molar-refractivity contribution in [2.45, 2.75) is 32.2 Å². The molecule has 2 heterocycles. The monoisotopic (exact) mass is 240 g/mol. The van der Waals surface area contributed by atoms with E-state index in [-0.39, 0.29) is 6.04 Å². The zero-order chi connectivity index (χ0) is 12.4. The van der Waals surface area contributed by atoms with E-state index in [1.165, 1.54) is 17.7 Å². The van der Waals surface area contributed by atoms with Gasteiger partial charge in [-0.05, 0) is 38.3 Å². The van der Waals surface area contributed by atoms with Crippen LogP contribution in [0.15, 0.2) is 30.7 Å². The van der Waals surface area contributed by atoms with Crippen molar-refractivity contribution in [3.8, 4) is 0 Å². The Morgan fingerprint density at radius 1 is 1.17 bits per heavy atom. The summed E-state index contributed by atoms with van der Waals surface area (Å²) < 4.78 is 0. The summed E-state index contributed by atoms with van der Waals surface area (Å²) in [7, 11) is 0. The number of fused-ring (bicyclic) bond motifs is 1. The van der Waals surface area contributed by atoms with Crippen LogP contribution in [0.4, 0.5) is 5.82 Å². The molecular formula is C14H16N4. The number of hydrogen-bond acceptors (Lipinski definition) is 4. The molecule has 4 heteroatoms. The Hall–Kier alpha value is -1.97. The summed E-state index contributed by atoms with van der Waals surface area (Å²) in [6, 6.07) is 6.12. The van der Waals surface area contributed by atoms with Crippen LogP contribution in [0.1, 0.15) is 36.3 Å². The fourth-order valence-electron chi connectivity index (χ4n) is 2.40. The molecule has 0 amide bonds. The van der Waals surface area contributed by atoms with Gasteiger partial charge in [0.05, 0.1) is 11.7 Å². The first kappa shape index (κ1) is 11.1. The molecule has 0 fully saturated rings. The number of aromatic nitrogens is 3. The molecule has 18 heavy (non-hydrogen) atoms. The predicted molar refractivity (Wildman–Crippen MR) is 70.3 cm³/mol. The summed E-state index contributed by atoms with van der Waals surface area (Å²) in [5.41, 5.74) is 3.50. The van der Waals surface area contributed by atoms with E-state index in [0.717, 1.165) is 24.4 Å². The van der Waals surface area contributed by atoms with Gasteiger partial charge in [0.15, 0.2) is 0 Å². The number of aryl methyl sites for hydroxylation is 1. The fraction of sp³-hybridized carbons (Fsp3) is 0.357. The zero-order valence-electron chi connectivity index (χ0n) is 10.4. The largest absolute Gasteiger partial charge is 0.362 e. The zero-order valence-corrected chi connectivity index (χ0v) is 10.4. The van der Waals surface area contributed by atoms with Gasteiger partial charge in [-0.25, -0.2) is 9.97 Å². The van der Waals surface area contributed by atoms with Gasteiger partial charge >= 0.3 is 0 Å². The molecule has 0 bridgehead atoms. The smallest absolute Gasteiger partial charge is 0.133 e. The Labute approximate surface area is 107 Å². The highest BCUT2D eigenvalue weighted by atomic mass is 15.0. The maximum atomic E-state index is 4.37. The van der Waals surface area contributed by atoms with E-state index in [1.54, 1.807) is 6.33 Å². The van der Waals surface area contributed by atoms with Crippen molar-refractivity contribution in [2.75, 3.05) is 5.32 Å². The maximum absolute atomic E-state index is 4.37. The normalized spacial score (nSPS) is 15.2. The average Bonchev–Trinajstić information content (AvgIpc) is 2.89. The van der Waals surface area contributed by atoms with Crippen molar-refractivity contribution in [1.82, 2.24) is 15.0 Å². The van der Waals surface area contributed by atoms with Crippen LogP contribution in [0.2, 0.25) is 0 Å². The van der Waals surface area contributed by atoms with Gasteiger partial charge in [-0.2, -0.15) is 0 Å². The minimum absolute atomic E-state index is 0.158. The van der Waals surface area contributed by atoms with Crippen molar-refractivity contribution in [1.29, 1.82) is 0 Å². The highest BCUT2D eigenvalue weighted by Crippen LogP contribution is 2.27. The highest BCUT2D eigenvalue weighted by molar-refractivity contribution is 5.49. The van der Waals surface area contributed by atoms with Crippen molar-refractivity contribution in [2.24, 2.45) is 0 Å². The van der Waals surface area contributed by atoms with Crippen molar-refractivity contribution >= 4 is 5.82 Å². The predicted octanol–water partition coefficient (Wildman–Crippen LogP) is 2.53. The first-order chi connectivity index (χ1) is 8.84.